The van der Waals surface area contributed by atoms with Crippen molar-refractivity contribution >= 4 is 11.0 Å². The summed E-state index contributed by atoms with van der Waals surface area (Å²) in [4.78, 5) is 7.43. The van der Waals surface area contributed by atoms with Gasteiger partial charge in [0.1, 0.15) is 12.4 Å². The zero-order valence-corrected chi connectivity index (χ0v) is 15.2. The van der Waals surface area contributed by atoms with Crippen molar-refractivity contribution in [2.75, 3.05) is 19.7 Å². The van der Waals surface area contributed by atoms with Gasteiger partial charge in [-0.15, -0.1) is 0 Å². The summed E-state index contributed by atoms with van der Waals surface area (Å²) in [5, 5.41) is 3.54. The first kappa shape index (κ1) is 17.1. The molecule has 0 amide bonds. The zero-order chi connectivity index (χ0) is 17.6. The number of hydrogen-bond donors (Lipinski definition) is 2. The Morgan fingerprint density at radius 3 is 2.65 bits per heavy atom. The number of aromatic nitrogens is 2. The van der Waals surface area contributed by atoms with Crippen LogP contribution in [0.1, 0.15) is 32.1 Å². The zero-order valence-electron chi connectivity index (χ0n) is 15.2. The van der Waals surface area contributed by atoms with Crippen LogP contribution in [0.15, 0.2) is 48.8 Å². The molecule has 0 spiro atoms. The van der Waals surface area contributed by atoms with Crippen molar-refractivity contribution in [2.24, 2.45) is 5.92 Å². The van der Waals surface area contributed by atoms with Crippen LogP contribution < -0.4 is 10.1 Å². The molecule has 0 atom stereocenters. The molecule has 1 heterocycles. The number of benzene rings is 2. The largest absolute Gasteiger partial charge is 0.492 e. The molecule has 4 heteroatoms. The van der Waals surface area contributed by atoms with E-state index in [9.17, 15) is 0 Å². The lowest BCUT2D eigenvalue weighted by Crippen LogP contribution is -2.28. The minimum Gasteiger partial charge on any atom is -0.492 e. The quantitative estimate of drug-likeness (QED) is 0.604. The van der Waals surface area contributed by atoms with Crippen LogP contribution in [0.4, 0.5) is 0 Å². The van der Waals surface area contributed by atoms with E-state index in [1.807, 2.05) is 18.2 Å². The molecule has 4 nitrogen and oxygen atoms in total. The normalized spacial score (nSPS) is 15.4. The van der Waals surface area contributed by atoms with Crippen LogP contribution in [0.3, 0.4) is 0 Å². The molecule has 0 unspecified atom stereocenters. The van der Waals surface area contributed by atoms with E-state index in [1.54, 1.807) is 6.33 Å². The average Bonchev–Trinajstić information content (AvgIpc) is 3.17. The lowest BCUT2D eigenvalue weighted by atomic mass is 9.89. The monoisotopic (exact) mass is 349 g/mol. The molecular weight excluding hydrogens is 322 g/mol. The maximum atomic E-state index is 5.87. The van der Waals surface area contributed by atoms with E-state index in [0.717, 1.165) is 35.8 Å². The first-order valence-electron chi connectivity index (χ1n) is 9.75. The molecule has 4 rings (SSSR count). The predicted octanol–water partition coefficient (Wildman–Crippen LogP) is 4.78. The fourth-order valence-corrected chi connectivity index (χ4v) is 3.80. The molecule has 1 aliphatic carbocycles. The Hall–Kier alpha value is -2.33. The first-order chi connectivity index (χ1) is 12.9. The second-order valence-corrected chi connectivity index (χ2v) is 7.22. The molecule has 1 aromatic heterocycles. The molecule has 1 fully saturated rings. The lowest BCUT2D eigenvalue weighted by Gasteiger charge is -2.21. The highest BCUT2D eigenvalue weighted by molar-refractivity contribution is 5.81. The van der Waals surface area contributed by atoms with Gasteiger partial charge in [0.05, 0.1) is 17.4 Å². The summed E-state index contributed by atoms with van der Waals surface area (Å²) in [6, 6.07) is 14.6. The highest BCUT2D eigenvalue weighted by Gasteiger charge is 2.12. The SMILES string of the molecule is c1nc2ccc(-c3ccc(OCCNCC4CCCCC4)cc3)cc2[nH]1. The van der Waals surface area contributed by atoms with Crippen LogP contribution in [0.5, 0.6) is 5.75 Å². The van der Waals surface area contributed by atoms with Crippen molar-refractivity contribution in [1.29, 1.82) is 0 Å². The van der Waals surface area contributed by atoms with Gasteiger partial charge >= 0.3 is 0 Å². The maximum absolute atomic E-state index is 5.87. The molecular formula is C22H27N3O. The smallest absolute Gasteiger partial charge is 0.119 e. The molecule has 3 aromatic rings. The fourth-order valence-electron chi connectivity index (χ4n) is 3.80. The summed E-state index contributed by atoms with van der Waals surface area (Å²) in [6.07, 6.45) is 8.74. The summed E-state index contributed by atoms with van der Waals surface area (Å²) >= 11 is 0. The topological polar surface area (TPSA) is 49.9 Å². The van der Waals surface area contributed by atoms with Crippen LogP contribution >= 0.6 is 0 Å². The molecule has 2 N–H and O–H groups in total. The Bertz CT molecular complexity index is 819. The first-order valence-corrected chi connectivity index (χ1v) is 9.75. The number of imidazole rings is 1. The third kappa shape index (κ3) is 4.25. The summed E-state index contributed by atoms with van der Waals surface area (Å²) in [6.45, 7) is 2.76. The van der Waals surface area contributed by atoms with Crippen LogP contribution in [-0.2, 0) is 0 Å². The van der Waals surface area contributed by atoms with Crippen molar-refractivity contribution in [3.05, 3.63) is 48.8 Å². The third-order valence-corrected chi connectivity index (χ3v) is 5.31. The Morgan fingerprint density at radius 2 is 1.81 bits per heavy atom. The van der Waals surface area contributed by atoms with E-state index < -0.39 is 0 Å². The van der Waals surface area contributed by atoms with Gasteiger partial charge in [-0.05, 0) is 60.7 Å². The number of aromatic amines is 1. The summed E-state index contributed by atoms with van der Waals surface area (Å²) in [5.41, 5.74) is 4.42. The maximum Gasteiger partial charge on any atom is 0.119 e. The Morgan fingerprint density at radius 1 is 1.00 bits per heavy atom. The van der Waals surface area contributed by atoms with Crippen molar-refractivity contribution in [1.82, 2.24) is 15.3 Å². The van der Waals surface area contributed by atoms with Gasteiger partial charge in [0.2, 0.25) is 0 Å². The number of ether oxygens (including phenoxy) is 1. The molecule has 0 aliphatic heterocycles. The van der Waals surface area contributed by atoms with E-state index in [-0.39, 0.29) is 0 Å². The van der Waals surface area contributed by atoms with Gasteiger partial charge in [0, 0.05) is 6.54 Å². The summed E-state index contributed by atoms with van der Waals surface area (Å²) < 4.78 is 5.87. The summed E-state index contributed by atoms with van der Waals surface area (Å²) in [5.74, 6) is 1.80. The van der Waals surface area contributed by atoms with Crippen molar-refractivity contribution in [2.45, 2.75) is 32.1 Å². The highest BCUT2D eigenvalue weighted by atomic mass is 16.5. The molecule has 1 aliphatic rings. The minimum atomic E-state index is 0.714. The second kappa shape index (κ2) is 8.37. The summed E-state index contributed by atoms with van der Waals surface area (Å²) in [7, 11) is 0. The molecule has 0 bridgehead atoms. The van der Waals surface area contributed by atoms with Crippen molar-refractivity contribution in [3.8, 4) is 16.9 Å². The number of nitrogens with one attached hydrogen (secondary N) is 2. The number of H-pyrrole nitrogens is 1. The Balaban J connectivity index is 1.25. The van der Waals surface area contributed by atoms with Gasteiger partial charge in [0.25, 0.3) is 0 Å². The number of fused-ring (bicyclic) bond motifs is 1. The molecule has 1 saturated carbocycles. The van der Waals surface area contributed by atoms with E-state index >= 15 is 0 Å². The van der Waals surface area contributed by atoms with Crippen LogP contribution in [0.25, 0.3) is 22.2 Å². The lowest BCUT2D eigenvalue weighted by molar-refractivity contribution is 0.294. The van der Waals surface area contributed by atoms with Crippen LogP contribution in [0.2, 0.25) is 0 Å². The van der Waals surface area contributed by atoms with E-state index in [4.69, 9.17) is 4.74 Å². The predicted molar refractivity (Wildman–Crippen MR) is 106 cm³/mol. The Kier molecular flexibility index (Phi) is 5.50. The second-order valence-electron chi connectivity index (χ2n) is 7.22. The van der Waals surface area contributed by atoms with Gasteiger partial charge < -0.3 is 15.0 Å². The van der Waals surface area contributed by atoms with E-state index in [1.165, 1.54) is 43.2 Å². The fraction of sp³-hybridized carbons (Fsp3) is 0.409. The molecule has 2 aromatic carbocycles. The highest BCUT2D eigenvalue weighted by Crippen LogP contribution is 2.25. The van der Waals surface area contributed by atoms with Gasteiger partial charge in [-0.25, -0.2) is 4.98 Å². The Labute approximate surface area is 155 Å². The molecule has 136 valence electrons. The molecule has 0 radical (unpaired) electrons. The minimum absolute atomic E-state index is 0.714. The van der Waals surface area contributed by atoms with E-state index in [2.05, 4.69) is 39.6 Å². The van der Waals surface area contributed by atoms with Crippen LogP contribution in [-0.4, -0.2) is 29.7 Å². The van der Waals surface area contributed by atoms with Gasteiger partial charge in [-0.1, -0.05) is 37.5 Å². The third-order valence-electron chi connectivity index (χ3n) is 5.31. The van der Waals surface area contributed by atoms with Crippen LogP contribution in [0, 0.1) is 5.92 Å². The van der Waals surface area contributed by atoms with Gasteiger partial charge in [0.15, 0.2) is 0 Å². The van der Waals surface area contributed by atoms with Crippen molar-refractivity contribution in [3.63, 3.8) is 0 Å². The number of nitrogens with zero attached hydrogens (tertiary/aromatic N) is 1. The number of hydrogen-bond acceptors (Lipinski definition) is 3. The van der Waals surface area contributed by atoms with E-state index in [0.29, 0.717) is 6.61 Å². The molecule has 0 saturated heterocycles. The average molecular weight is 349 g/mol. The standard InChI is InChI=1S/C22H27N3O/c1-2-4-17(5-3-1)15-23-12-13-26-20-9-6-18(7-10-20)19-8-11-21-22(14-19)25-16-24-21/h6-11,14,16-17,23H,1-5,12-13,15H2,(H,24,25). The number of rotatable bonds is 7. The van der Waals surface area contributed by atoms with Gasteiger partial charge in [-0.3, -0.25) is 0 Å². The molecule has 26 heavy (non-hydrogen) atoms. The van der Waals surface area contributed by atoms with Crippen molar-refractivity contribution < 1.29 is 4.74 Å². The van der Waals surface area contributed by atoms with Gasteiger partial charge in [-0.2, -0.15) is 0 Å².